The number of hydrogen-bond acceptors (Lipinski definition) is 4. The number of benzene rings is 2. The van der Waals surface area contributed by atoms with Gasteiger partial charge in [-0.2, -0.15) is 0 Å². The Hall–Kier alpha value is -2.53. The molecule has 2 rings (SSSR count). The SMILES string of the molecule is COc1cccc(C(=O)NCC(O)c2ccc(N)cc2)c1. The Kier molecular flexibility index (Phi) is 4.79. The topological polar surface area (TPSA) is 84.6 Å². The van der Waals surface area contributed by atoms with Crippen LogP contribution in [0.5, 0.6) is 5.75 Å². The molecule has 0 radical (unpaired) electrons. The van der Waals surface area contributed by atoms with Crippen LogP contribution in [0.1, 0.15) is 22.0 Å². The zero-order valence-electron chi connectivity index (χ0n) is 11.7. The molecule has 1 atom stereocenters. The molecule has 1 unspecified atom stereocenters. The molecular formula is C16H18N2O3. The molecule has 0 aliphatic heterocycles. The summed E-state index contributed by atoms with van der Waals surface area (Å²) in [5.41, 5.74) is 7.41. The van der Waals surface area contributed by atoms with Gasteiger partial charge in [-0.25, -0.2) is 0 Å². The molecule has 0 saturated carbocycles. The van der Waals surface area contributed by atoms with Crippen LogP contribution in [0.15, 0.2) is 48.5 Å². The number of methoxy groups -OCH3 is 1. The molecule has 0 saturated heterocycles. The second-order valence-corrected chi connectivity index (χ2v) is 4.62. The lowest BCUT2D eigenvalue weighted by Crippen LogP contribution is -2.28. The summed E-state index contributed by atoms with van der Waals surface area (Å²) >= 11 is 0. The minimum absolute atomic E-state index is 0.125. The minimum Gasteiger partial charge on any atom is -0.497 e. The average Bonchev–Trinajstić information content (AvgIpc) is 2.53. The van der Waals surface area contributed by atoms with E-state index >= 15 is 0 Å². The predicted molar refractivity (Wildman–Crippen MR) is 81.1 cm³/mol. The highest BCUT2D eigenvalue weighted by Gasteiger charge is 2.11. The highest BCUT2D eigenvalue weighted by molar-refractivity contribution is 5.94. The standard InChI is InChI=1S/C16H18N2O3/c1-21-14-4-2-3-12(9-14)16(20)18-10-15(19)11-5-7-13(17)8-6-11/h2-9,15,19H,10,17H2,1H3,(H,18,20). The van der Waals surface area contributed by atoms with Crippen LogP contribution in [0.2, 0.25) is 0 Å². The van der Waals surface area contributed by atoms with E-state index in [1.807, 2.05) is 0 Å². The second kappa shape index (κ2) is 6.76. The predicted octanol–water partition coefficient (Wildman–Crippen LogP) is 1.74. The van der Waals surface area contributed by atoms with E-state index in [1.165, 1.54) is 0 Å². The first-order valence-corrected chi connectivity index (χ1v) is 6.56. The molecule has 4 N–H and O–H groups in total. The van der Waals surface area contributed by atoms with Crippen LogP contribution >= 0.6 is 0 Å². The molecule has 0 fully saturated rings. The molecule has 0 bridgehead atoms. The number of aliphatic hydroxyl groups excluding tert-OH is 1. The number of amides is 1. The Morgan fingerprint density at radius 2 is 2.00 bits per heavy atom. The van der Waals surface area contributed by atoms with E-state index in [0.29, 0.717) is 22.6 Å². The second-order valence-electron chi connectivity index (χ2n) is 4.62. The molecule has 1 amide bonds. The Balaban J connectivity index is 1.95. The number of nitrogens with one attached hydrogen (secondary N) is 1. The van der Waals surface area contributed by atoms with E-state index in [4.69, 9.17) is 10.5 Å². The molecule has 5 nitrogen and oxygen atoms in total. The van der Waals surface area contributed by atoms with Crippen LogP contribution < -0.4 is 15.8 Å². The number of nitrogen functional groups attached to an aromatic ring is 1. The van der Waals surface area contributed by atoms with Gasteiger partial charge in [-0.05, 0) is 35.9 Å². The molecule has 2 aromatic rings. The molecule has 0 heterocycles. The fourth-order valence-corrected chi connectivity index (χ4v) is 1.89. The molecule has 2 aromatic carbocycles. The molecular weight excluding hydrogens is 268 g/mol. The molecule has 5 heteroatoms. The number of carbonyl (C=O) groups is 1. The van der Waals surface area contributed by atoms with E-state index in [-0.39, 0.29) is 12.5 Å². The first-order valence-electron chi connectivity index (χ1n) is 6.56. The number of hydrogen-bond donors (Lipinski definition) is 3. The summed E-state index contributed by atoms with van der Waals surface area (Å²) in [6, 6.07) is 13.7. The third-order valence-electron chi connectivity index (χ3n) is 3.11. The van der Waals surface area contributed by atoms with Gasteiger partial charge in [-0.15, -0.1) is 0 Å². The van der Waals surface area contributed by atoms with Gasteiger partial charge in [0.05, 0.1) is 13.2 Å². The molecule has 21 heavy (non-hydrogen) atoms. The lowest BCUT2D eigenvalue weighted by Gasteiger charge is -2.13. The van der Waals surface area contributed by atoms with Crippen LogP contribution in [0.3, 0.4) is 0 Å². The Morgan fingerprint density at radius 3 is 2.67 bits per heavy atom. The first kappa shape index (κ1) is 14.9. The van der Waals surface area contributed by atoms with Gasteiger partial charge in [0.25, 0.3) is 5.91 Å². The quantitative estimate of drug-likeness (QED) is 0.731. The van der Waals surface area contributed by atoms with E-state index in [1.54, 1.807) is 55.6 Å². The van der Waals surface area contributed by atoms with Crippen molar-refractivity contribution in [1.29, 1.82) is 0 Å². The summed E-state index contributed by atoms with van der Waals surface area (Å²) in [5.74, 6) is 0.352. The Morgan fingerprint density at radius 1 is 1.29 bits per heavy atom. The lowest BCUT2D eigenvalue weighted by atomic mass is 10.1. The van der Waals surface area contributed by atoms with Crippen LogP contribution in [0.4, 0.5) is 5.69 Å². The van der Waals surface area contributed by atoms with Crippen molar-refractivity contribution in [3.8, 4) is 5.75 Å². The van der Waals surface area contributed by atoms with Gasteiger partial charge in [0.1, 0.15) is 5.75 Å². The van der Waals surface area contributed by atoms with Gasteiger partial charge in [-0.3, -0.25) is 4.79 Å². The number of carbonyl (C=O) groups excluding carboxylic acids is 1. The number of anilines is 1. The minimum atomic E-state index is -0.778. The zero-order chi connectivity index (χ0) is 15.2. The summed E-state index contributed by atoms with van der Waals surface area (Å²) in [6.07, 6.45) is -0.778. The molecule has 110 valence electrons. The summed E-state index contributed by atoms with van der Waals surface area (Å²) < 4.78 is 5.07. The average molecular weight is 286 g/mol. The van der Waals surface area contributed by atoms with Crippen molar-refractivity contribution in [2.75, 3.05) is 19.4 Å². The number of nitrogens with two attached hydrogens (primary N) is 1. The van der Waals surface area contributed by atoms with Gasteiger partial charge in [0.15, 0.2) is 0 Å². The molecule has 0 aliphatic rings. The number of ether oxygens (including phenoxy) is 1. The summed E-state index contributed by atoms with van der Waals surface area (Å²) in [5, 5.41) is 12.7. The third-order valence-corrected chi connectivity index (χ3v) is 3.11. The summed E-state index contributed by atoms with van der Waals surface area (Å²) in [7, 11) is 1.54. The van der Waals surface area contributed by atoms with Crippen molar-refractivity contribution in [2.24, 2.45) is 0 Å². The third kappa shape index (κ3) is 3.97. The van der Waals surface area contributed by atoms with Gasteiger partial charge < -0.3 is 20.9 Å². The molecule has 0 aromatic heterocycles. The fraction of sp³-hybridized carbons (Fsp3) is 0.188. The van der Waals surface area contributed by atoms with Gasteiger partial charge in [-0.1, -0.05) is 18.2 Å². The largest absolute Gasteiger partial charge is 0.497 e. The normalized spacial score (nSPS) is 11.7. The maximum Gasteiger partial charge on any atom is 0.251 e. The summed E-state index contributed by atoms with van der Waals surface area (Å²) in [6.45, 7) is 0.125. The van der Waals surface area contributed by atoms with E-state index in [9.17, 15) is 9.90 Å². The van der Waals surface area contributed by atoms with Crippen LogP contribution in [0, 0.1) is 0 Å². The lowest BCUT2D eigenvalue weighted by molar-refractivity contribution is 0.0916. The van der Waals surface area contributed by atoms with Gasteiger partial charge in [0, 0.05) is 17.8 Å². The smallest absolute Gasteiger partial charge is 0.251 e. The Labute approximate surface area is 123 Å². The monoisotopic (exact) mass is 286 g/mol. The van der Waals surface area contributed by atoms with Crippen molar-refractivity contribution < 1.29 is 14.6 Å². The summed E-state index contributed by atoms with van der Waals surface area (Å²) in [4.78, 5) is 12.0. The van der Waals surface area contributed by atoms with Crippen molar-refractivity contribution >= 4 is 11.6 Å². The van der Waals surface area contributed by atoms with Crippen LogP contribution in [0.25, 0.3) is 0 Å². The molecule has 0 spiro atoms. The number of aliphatic hydroxyl groups is 1. The first-order chi connectivity index (χ1) is 10.1. The van der Waals surface area contributed by atoms with E-state index < -0.39 is 6.10 Å². The van der Waals surface area contributed by atoms with E-state index in [0.717, 1.165) is 0 Å². The van der Waals surface area contributed by atoms with Gasteiger partial charge >= 0.3 is 0 Å². The van der Waals surface area contributed by atoms with Crippen LogP contribution in [-0.4, -0.2) is 24.7 Å². The van der Waals surface area contributed by atoms with Crippen molar-refractivity contribution in [1.82, 2.24) is 5.32 Å². The van der Waals surface area contributed by atoms with Crippen molar-refractivity contribution in [3.63, 3.8) is 0 Å². The highest BCUT2D eigenvalue weighted by atomic mass is 16.5. The van der Waals surface area contributed by atoms with Crippen LogP contribution in [-0.2, 0) is 0 Å². The maximum atomic E-state index is 12.0. The fourth-order valence-electron chi connectivity index (χ4n) is 1.89. The highest BCUT2D eigenvalue weighted by Crippen LogP contribution is 2.15. The zero-order valence-corrected chi connectivity index (χ0v) is 11.7. The van der Waals surface area contributed by atoms with Crippen molar-refractivity contribution in [2.45, 2.75) is 6.10 Å². The Bertz CT molecular complexity index is 611. The van der Waals surface area contributed by atoms with Gasteiger partial charge in [0.2, 0.25) is 0 Å². The van der Waals surface area contributed by atoms with E-state index in [2.05, 4.69) is 5.32 Å². The molecule has 0 aliphatic carbocycles. The maximum absolute atomic E-state index is 12.0. The number of rotatable bonds is 5. The van der Waals surface area contributed by atoms with Crippen molar-refractivity contribution in [3.05, 3.63) is 59.7 Å².